The number of aryl methyl sites for hydroxylation is 1. The van der Waals surface area contributed by atoms with E-state index in [1.54, 1.807) is 6.07 Å². The molecule has 0 aromatic heterocycles. The van der Waals surface area contributed by atoms with E-state index in [0.29, 0.717) is 12.8 Å². The molecule has 3 heteroatoms. The first-order chi connectivity index (χ1) is 7.15. The lowest BCUT2D eigenvalue weighted by Gasteiger charge is -2.02. The third-order valence-electron chi connectivity index (χ3n) is 2.09. The molecule has 0 heterocycles. The van der Waals surface area contributed by atoms with E-state index in [1.165, 1.54) is 12.1 Å². The Morgan fingerprint density at radius 2 is 2.27 bits per heavy atom. The Labute approximate surface area is 88.3 Å². The first kappa shape index (κ1) is 11.3. The second kappa shape index (κ2) is 5.16. The number of primary amides is 1. The number of nitrogens with two attached hydrogens (primary N) is 1. The lowest BCUT2D eigenvalue weighted by Crippen LogP contribution is -2.13. The molecule has 2 N–H and O–H groups in total. The van der Waals surface area contributed by atoms with Gasteiger partial charge in [-0.25, -0.2) is 4.39 Å². The highest BCUT2D eigenvalue weighted by Gasteiger charge is 2.07. The standard InChI is InChI=1S/C12H12FNO/c1-2-3-4-5-9-6-7-10(12(14)15)11(13)8-9/h1,6-8H,3-5H2,(H2,14,15). The first-order valence-electron chi connectivity index (χ1n) is 4.67. The van der Waals surface area contributed by atoms with Gasteiger partial charge in [0, 0.05) is 6.42 Å². The van der Waals surface area contributed by atoms with Crippen LogP contribution in [0.15, 0.2) is 18.2 Å². The second-order valence-electron chi connectivity index (χ2n) is 3.24. The third-order valence-corrected chi connectivity index (χ3v) is 2.09. The highest BCUT2D eigenvalue weighted by atomic mass is 19.1. The molecule has 1 amide bonds. The number of carbonyl (C=O) groups excluding carboxylic acids is 1. The van der Waals surface area contributed by atoms with Crippen LogP contribution in [0.3, 0.4) is 0 Å². The topological polar surface area (TPSA) is 43.1 Å². The van der Waals surface area contributed by atoms with Gasteiger partial charge in [-0.1, -0.05) is 6.07 Å². The molecule has 0 spiro atoms. The Kier molecular flexibility index (Phi) is 3.87. The number of unbranched alkanes of at least 4 members (excludes halogenated alkanes) is 1. The van der Waals surface area contributed by atoms with Crippen LogP contribution < -0.4 is 5.73 Å². The molecule has 0 unspecified atom stereocenters. The maximum Gasteiger partial charge on any atom is 0.251 e. The highest BCUT2D eigenvalue weighted by molar-refractivity contribution is 5.93. The average Bonchev–Trinajstić information content (AvgIpc) is 2.17. The van der Waals surface area contributed by atoms with Gasteiger partial charge in [0.2, 0.25) is 0 Å². The van der Waals surface area contributed by atoms with Crippen LogP contribution in [0.25, 0.3) is 0 Å². The van der Waals surface area contributed by atoms with Gasteiger partial charge >= 0.3 is 0 Å². The lowest BCUT2D eigenvalue weighted by molar-refractivity contribution is 0.0996. The SMILES string of the molecule is C#CCCCc1ccc(C(N)=O)c(F)c1. The van der Waals surface area contributed by atoms with E-state index < -0.39 is 11.7 Å². The number of hydrogen-bond donors (Lipinski definition) is 1. The predicted molar refractivity (Wildman–Crippen MR) is 56.7 cm³/mol. The summed E-state index contributed by atoms with van der Waals surface area (Å²) in [5.41, 5.74) is 5.73. The van der Waals surface area contributed by atoms with E-state index in [9.17, 15) is 9.18 Å². The number of rotatable bonds is 4. The number of amides is 1. The van der Waals surface area contributed by atoms with Gasteiger partial charge in [0.15, 0.2) is 0 Å². The van der Waals surface area contributed by atoms with Crippen molar-refractivity contribution in [3.05, 3.63) is 35.1 Å². The van der Waals surface area contributed by atoms with Crippen molar-refractivity contribution in [2.45, 2.75) is 19.3 Å². The molecule has 15 heavy (non-hydrogen) atoms. The van der Waals surface area contributed by atoms with Crippen LogP contribution in [0.5, 0.6) is 0 Å². The van der Waals surface area contributed by atoms with E-state index in [2.05, 4.69) is 5.92 Å². The van der Waals surface area contributed by atoms with Crippen LogP contribution in [-0.4, -0.2) is 5.91 Å². The van der Waals surface area contributed by atoms with E-state index in [4.69, 9.17) is 12.2 Å². The number of carbonyl (C=O) groups is 1. The zero-order valence-corrected chi connectivity index (χ0v) is 8.29. The molecule has 2 nitrogen and oxygen atoms in total. The summed E-state index contributed by atoms with van der Waals surface area (Å²) in [4.78, 5) is 10.7. The van der Waals surface area contributed by atoms with Crippen LogP contribution in [0.1, 0.15) is 28.8 Å². The Hall–Kier alpha value is -1.82. The van der Waals surface area contributed by atoms with Gasteiger partial charge in [-0.2, -0.15) is 0 Å². The van der Waals surface area contributed by atoms with Gasteiger partial charge in [0.1, 0.15) is 5.82 Å². The fourth-order valence-electron chi connectivity index (χ4n) is 1.31. The van der Waals surface area contributed by atoms with Crippen molar-refractivity contribution >= 4 is 5.91 Å². The smallest absolute Gasteiger partial charge is 0.251 e. The molecule has 0 aliphatic rings. The molecule has 1 aromatic carbocycles. The molecular weight excluding hydrogens is 193 g/mol. The minimum Gasteiger partial charge on any atom is -0.366 e. The monoisotopic (exact) mass is 205 g/mol. The van der Waals surface area contributed by atoms with Crippen molar-refractivity contribution in [1.29, 1.82) is 0 Å². The summed E-state index contributed by atoms with van der Waals surface area (Å²) in [5.74, 6) is 1.20. The molecular formula is C12H12FNO. The molecule has 0 aliphatic heterocycles. The van der Waals surface area contributed by atoms with Gasteiger partial charge in [0.25, 0.3) is 5.91 Å². The molecule has 1 rings (SSSR count). The quantitative estimate of drug-likeness (QED) is 0.592. The zero-order valence-electron chi connectivity index (χ0n) is 8.29. The van der Waals surface area contributed by atoms with Crippen LogP contribution in [0, 0.1) is 18.2 Å². The normalized spacial score (nSPS) is 9.60. The summed E-state index contributed by atoms with van der Waals surface area (Å²) in [6.07, 6.45) is 7.29. The van der Waals surface area contributed by atoms with Gasteiger partial charge in [-0.3, -0.25) is 4.79 Å². The minimum atomic E-state index is -0.748. The fourth-order valence-corrected chi connectivity index (χ4v) is 1.31. The van der Waals surface area contributed by atoms with Crippen molar-refractivity contribution in [3.8, 4) is 12.3 Å². The van der Waals surface area contributed by atoms with Crippen molar-refractivity contribution in [3.63, 3.8) is 0 Å². The zero-order chi connectivity index (χ0) is 11.3. The third kappa shape index (κ3) is 3.10. The van der Waals surface area contributed by atoms with Gasteiger partial charge in [-0.15, -0.1) is 12.3 Å². The Balaban J connectivity index is 2.74. The van der Waals surface area contributed by atoms with Crippen molar-refractivity contribution in [2.75, 3.05) is 0 Å². The maximum atomic E-state index is 13.3. The molecule has 0 atom stereocenters. The molecule has 0 fully saturated rings. The van der Waals surface area contributed by atoms with E-state index >= 15 is 0 Å². The Morgan fingerprint density at radius 1 is 1.53 bits per heavy atom. The number of hydrogen-bond acceptors (Lipinski definition) is 1. The molecule has 0 aliphatic carbocycles. The average molecular weight is 205 g/mol. The first-order valence-corrected chi connectivity index (χ1v) is 4.67. The Bertz CT molecular complexity index is 407. The number of halogens is 1. The molecule has 78 valence electrons. The summed E-state index contributed by atoms with van der Waals surface area (Å²) >= 11 is 0. The Morgan fingerprint density at radius 3 is 2.80 bits per heavy atom. The van der Waals surface area contributed by atoms with Crippen molar-refractivity contribution in [1.82, 2.24) is 0 Å². The van der Waals surface area contributed by atoms with Crippen LogP contribution in [0.4, 0.5) is 4.39 Å². The van der Waals surface area contributed by atoms with Crippen LogP contribution in [0.2, 0.25) is 0 Å². The largest absolute Gasteiger partial charge is 0.366 e. The summed E-state index contributed by atoms with van der Waals surface area (Å²) in [6, 6.07) is 4.43. The fraction of sp³-hybridized carbons (Fsp3) is 0.250. The molecule has 0 radical (unpaired) electrons. The number of benzene rings is 1. The molecule has 0 saturated carbocycles. The van der Waals surface area contributed by atoms with Crippen molar-refractivity contribution in [2.24, 2.45) is 5.73 Å². The van der Waals surface area contributed by atoms with E-state index in [1.807, 2.05) is 0 Å². The summed E-state index contributed by atoms with van der Waals surface area (Å²) < 4.78 is 13.3. The van der Waals surface area contributed by atoms with Gasteiger partial charge < -0.3 is 5.73 Å². The second-order valence-corrected chi connectivity index (χ2v) is 3.24. The maximum absolute atomic E-state index is 13.3. The predicted octanol–water partition coefficient (Wildman–Crippen LogP) is 1.88. The highest BCUT2D eigenvalue weighted by Crippen LogP contribution is 2.12. The molecule has 0 bridgehead atoms. The van der Waals surface area contributed by atoms with Gasteiger partial charge in [0.05, 0.1) is 5.56 Å². The van der Waals surface area contributed by atoms with Gasteiger partial charge in [-0.05, 0) is 30.5 Å². The van der Waals surface area contributed by atoms with Crippen LogP contribution in [-0.2, 0) is 6.42 Å². The minimum absolute atomic E-state index is 0.0734. The van der Waals surface area contributed by atoms with E-state index in [0.717, 1.165) is 12.0 Å². The van der Waals surface area contributed by atoms with Crippen molar-refractivity contribution < 1.29 is 9.18 Å². The number of terminal acetylenes is 1. The van der Waals surface area contributed by atoms with E-state index in [-0.39, 0.29) is 5.56 Å². The summed E-state index contributed by atoms with van der Waals surface area (Å²) in [7, 11) is 0. The summed E-state index contributed by atoms with van der Waals surface area (Å²) in [5, 5.41) is 0. The molecule has 1 aromatic rings. The molecule has 0 saturated heterocycles. The summed E-state index contributed by atoms with van der Waals surface area (Å²) in [6.45, 7) is 0. The lowest BCUT2D eigenvalue weighted by atomic mass is 10.1. The van der Waals surface area contributed by atoms with Crippen LogP contribution >= 0.6 is 0 Å².